The van der Waals surface area contributed by atoms with Crippen LogP contribution in [0.3, 0.4) is 0 Å². The molecule has 2 heteroatoms. The highest BCUT2D eigenvalue weighted by atomic mass is 16.3. The number of nitroso groups, excluding NO2 is 1. The first-order valence-corrected chi connectivity index (χ1v) is 4.80. The molecule has 2 rings (SSSR count). The molecule has 2 fully saturated rings. The highest BCUT2D eigenvalue weighted by Gasteiger charge is 2.47. The van der Waals surface area contributed by atoms with Gasteiger partial charge in [-0.15, -0.1) is 6.58 Å². The van der Waals surface area contributed by atoms with Gasteiger partial charge in [0, 0.05) is 0 Å². The summed E-state index contributed by atoms with van der Waals surface area (Å²) in [5.41, 5.74) is 0. The molecular weight excluding hydrogens is 150 g/mol. The molecule has 0 saturated heterocycles. The zero-order valence-electron chi connectivity index (χ0n) is 7.28. The van der Waals surface area contributed by atoms with Gasteiger partial charge in [-0.3, -0.25) is 0 Å². The van der Waals surface area contributed by atoms with E-state index in [1.807, 2.05) is 6.08 Å². The predicted octanol–water partition coefficient (Wildman–Crippen LogP) is 2.74. The van der Waals surface area contributed by atoms with Crippen molar-refractivity contribution in [2.45, 2.75) is 31.7 Å². The number of hydrogen-bond donors (Lipinski definition) is 0. The van der Waals surface area contributed by atoms with Crippen LogP contribution >= 0.6 is 0 Å². The van der Waals surface area contributed by atoms with Crippen LogP contribution in [0.5, 0.6) is 0 Å². The molecule has 0 aromatic carbocycles. The molecule has 2 nitrogen and oxygen atoms in total. The van der Waals surface area contributed by atoms with Crippen LogP contribution in [0.15, 0.2) is 17.8 Å². The van der Waals surface area contributed by atoms with Crippen molar-refractivity contribution in [1.82, 2.24) is 0 Å². The van der Waals surface area contributed by atoms with Crippen molar-refractivity contribution in [2.24, 2.45) is 22.9 Å². The van der Waals surface area contributed by atoms with Gasteiger partial charge < -0.3 is 0 Å². The van der Waals surface area contributed by atoms with Crippen molar-refractivity contribution in [3.8, 4) is 0 Å². The Kier molecular flexibility index (Phi) is 1.99. The average molecular weight is 165 g/mol. The maximum atomic E-state index is 10.6. The Morgan fingerprint density at radius 1 is 1.42 bits per heavy atom. The quantitative estimate of drug-likeness (QED) is 0.467. The molecule has 12 heavy (non-hydrogen) atoms. The molecular formula is C10H15NO. The van der Waals surface area contributed by atoms with Crippen molar-refractivity contribution in [1.29, 1.82) is 0 Å². The maximum Gasteiger partial charge on any atom is 0.0981 e. The van der Waals surface area contributed by atoms with Gasteiger partial charge in [-0.05, 0) is 43.4 Å². The third-order valence-electron chi connectivity index (χ3n) is 3.60. The first-order valence-electron chi connectivity index (χ1n) is 4.80. The van der Waals surface area contributed by atoms with Gasteiger partial charge in [-0.25, -0.2) is 0 Å². The minimum absolute atomic E-state index is 0.113. The first kappa shape index (κ1) is 7.96. The van der Waals surface area contributed by atoms with Crippen molar-refractivity contribution in [3.05, 3.63) is 17.6 Å². The zero-order valence-corrected chi connectivity index (χ0v) is 7.28. The standard InChI is InChI=1S/C10H15NO/c1-2-3-9-7-4-5-8(6-7)10(9)11-12/h2,7-10H,1,3-6H2. The lowest BCUT2D eigenvalue weighted by Crippen LogP contribution is -2.24. The van der Waals surface area contributed by atoms with Crippen molar-refractivity contribution in [3.63, 3.8) is 0 Å². The fourth-order valence-electron chi connectivity index (χ4n) is 3.07. The van der Waals surface area contributed by atoms with E-state index in [-0.39, 0.29) is 6.04 Å². The molecule has 0 aromatic rings. The fraction of sp³-hybridized carbons (Fsp3) is 0.800. The number of nitrogens with zero attached hydrogens (tertiary/aromatic N) is 1. The molecule has 0 N–H and O–H groups in total. The molecule has 4 atom stereocenters. The van der Waals surface area contributed by atoms with E-state index in [1.54, 1.807) is 0 Å². The number of rotatable bonds is 3. The Balaban J connectivity index is 2.10. The molecule has 0 spiro atoms. The van der Waals surface area contributed by atoms with Gasteiger partial charge in [0.15, 0.2) is 0 Å². The molecule has 2 aliphatic carbocycles. The summed E-state index contributed by atoms with van der Waals surface area (Å²) < 4.78 is 0. The van der Waals surface area contributed by atoms with E-state index in [1.165, 1.54) is 19.3 Å². The Morgan fingerprint density at radius 2 is 2.17 bits per heavy atom. The first-order chi connectivity index (χ1) is 5.86. The summed E-state index contributed by atoms with van der Waals surface area (Å²) in [6.07, 6.45) is 6.71. The summed E-state index contributed by atoms with van der Waals surface area (Å²) in [6, 6.07) is 0.113. The second kappa shape index (κ2) is 3.00. The van der Waals surface area contributed by atoms with Crippen LogP contribution in [0, 0.1) is 22.7 Å². The SMILES string of the molecule is C=CCC1C2CCC(C2)C1N=O. The lowest BCUT2D eigenvalue weighted by molar-refractivity contribution is 0.291. The summed E-state index contributed by atoms with van der Waals surface area (Å²) in [7, 11) is 0. The second-order valence-electron chi connectivity index (χ2n) is 4.12. The minimum atomic E-state index is 0.113. The van der Waals surface area contributed by atoms with Gasteiger partial charge in [0.2, 0.25) is 0 Å². The van der Waals surface area contributed by atoms with Crippen molar-refractivity contribution < 1.29 is 0 Å². The van der Waals surface area contributed by atoms with Crippen LogP contribution in [-0.4, -0.2) is 6.04 Å². The zero-order chi connectivity index (χ0) is 8.55. The van der Waals surface area contributed by atoms with Crippen LogP contribution in [-0.2, 0) is 0 Å². The van der Waals surface area contributed by atoms with Gasteiger partial charge in [0.05, 0.1) is 6.04 Å². The number of hydrogen-bond acceptors (Lipinski definition) is 2. The molecule has 2 aliphatic rings. The second-order valence-corrected chi connectivity index (χ2v) is 4.12. The molecule has 2 saturated carbocycles. The molecule has 0 heterocycles. The fourth-order valence-corrected chi connectivity index (χ4v) is 3.07. The smallest absolute Gasteiger partial charge is 0.0981 e. The number of fused-ring (bicyclic) bond motifs is 2. The lowest BCUT2D eigenvalue weighted by Gasteiger charge is -2.24. The normalized spacial score (nSPS) is 44.7. The molecule has 0 amide bonds. The summed E-state index contributed by atoms with van der Waals surface area (Å²) in [5, 5.41) is 3.27. The maximum absolute atomic E-state index is 10.6. The Hall–Kier alpha value is -0.660. The van der Waals surface area contributed by atoms with E-state index >= 15 is 0 Å². The molecule has 2 bridgehead atoms. The van der Waals surface area contributed by atoms with E-state index in [0.29, 0.717) is 11.8 Å². The summed E-state index contributed by atoms with van der Waals surface area (Å²) in [6.45, 7) is 3.73. The van der Waals surface area contributed by atoms with Crippen molar-refractivity contribution >= 4 is 0 Å². The highest BCUT2D eigenvalue weighted by molar-refractivity contribution is 5.01. The summed E-state index contributed by atoms with van der Waals surface area (Å²) in [5.74, 6) is 1.91. The molecule has 66 valence electrons. The van der Waals surface area contributed by atoms with Crippen LogP contribution in [0.2, 0.25) is 0 Å². The van der Waals surface area contributed by atoms with Gasteiger partial charge in [-0.1, -0.05) is 11.3 Å². The Bertz CT molecular complexity index is 202. The Morgan fingerprint density at radius 3 is 2.83 bits per heavy atom. The highest BCUT2D eigenvalue weighted by Crippen LogP contribution is 2.51. The predicted molar refractivity (Wildman–Crippen MR) is 48.7 cm³/mol. The van der Waals surface area contributed by atoms with Gasteiger partial charge in [-0.2, -0.15) is 4.91 Å². The van der Waals surface area contributed by atoms with Gasteiger partial charge in [0.1, 0.15) is 0 Å². The summed E-state index contributed by atoms with van der Waals surface area (Å²) >= 11 is 0. The average Bonchev–Trinajstić information content (AvgIpc) is 2.64. The van der Waals surface area contributed by atoms with Crippen LogP contribution in [0.25, 0.3) is 0 Å². The van der Waals surface area contributed by atoms with E-state index in [2.05, 4.69) is 11.8 Å². The van der Waals surface area contributed by atoms with Crippen molar-refractivity contribution in [2.75, 3.05) is 0 Å². The lowest BCUT2D eigenvalue weighted by atomic mass is 9.83. The van der Waals surface area contributed by atoms with Gasteiger partial charge in [0.25, 0.3) is 0 Å². The monoisotopic (exact) mass is 165 g/mol. The summed E-state index contributed by atoms with van der Waals surface area (Å²) in [4.78, 5) is 10.6. The third-order valence-corrected chi connectivity index (χ3v) is 3.60. The third kappa shape index (κ3) is 1.01. The molecule has 4 unspecified atom stereocenters. The minimum Gasteiger partial charge on any atom is -0.150 e. The van der Waals surface area contributed by atoms with Crippen LogP contribution in [0.4, 0.5) is 0 Å². The van der Waals surface area contributed by atoms with E-state index in [9.17, 15) is 4.91 Å². The van der Waals surface area contributed by atoms with Crippen LogP contribution < -0.4 is 0 Å². The molecule has 0 aromatic heterocycles. The van der Waals surface area contributed by atoms with E-state index < -0.39 is 0 Å². The van der Waals surface area contributed by atoms with E-state index in [0.717, 1.165) is 12.3 Å². The van der Waals surface area contributed by atoms with Crippen LogP contribution in [0.1, 0.15) is 25.7 Å². The van der Waals surface area contributed by atoms with E-state index in [4.69, 9.17) is 0 Å². The topological polar surface area (TPSA) is 29.4 Å². The molecule has 0 radical (unpaired) electrons. The largest absolute Gasteiger partial charge is 0.150 e. The molecule has 0 aliphatic heterocycles. The Labute approximate surface area is 73.0 Å². The van der Waals surface area contributed by atoms with Gasteiger partial charge >= 0.3 is 0 Å². The number of allylic oxidation sites excluding steroid dienone is 1.